The van der Waals surface area contributed by atoms with Crippen LogP contribution >= 0.6 is 34.8 Å². The molecule has 0 bridgehead atoms. The van der Waals surface area contributed by atoms with Crippen molar-refractivity contribution in [2.24, 2.45) is 5.11 Å². The highest BCUT2D eigenvalue weighted by Crippen LogP contribution is 2.29. The van der Waals surface area contributed by atoms with Crippen molar-refractivity contribution in [3.05, 3.63) is 10.4 Å². The fourth-order valence-electron chi connectivity index (χ4n) is 1.98. The van der Waals surface area contributed by atoms with Gasteiger partial charge in [0.2, 0.25) is 0 Å². The summed E-state index contributed by atoms with van der Waals surface area (Å²) in [7, 11) is 0. The summed E-state index contributed by atoms with van der Waals surface area (Å²) < 4.78 is 7.93. The zero-order valence-corrected chi connectivity index (χ0v) is 13.7. The van der Waals surface area contributed by atoms with Crippen LogP contribution in [0.5, 0.6) is 0 Å². The Morgan fingerprint density at radius 1 is 1.45 bits per heavy atom. The molecule has 22 heavy (non-hydrogen) atoms. The number of azide groups is 1. The molecule has 0 radical (unpaired) electrons. The van der Waals surface area contributed by atoms with Gasteiger partial charge in [-0.3, -0.25) is 9.59 Å². The molecule has 1 heterocycles. The van der Waals surface area contributed by atoms with Gasteiger partial charge < -0.3 is 19.9 Å². The van der Waals surface area contributed by atoms with Crippen molar-refractivity contribution >= 4 is 46.7 Å². The zero-order chi connectivity index (χ0) is 17.1. The Labute approximate surface area is 140 Å². The highest BCUT2D eigenvalue weighted by atomic mass is 35.6. The first kappa shape index (κ1) is 19.1. The SMILES string of the molecule is CC(=O)O[C@@H]1[C@@H](N=[N+]=[N-])[C@H](O)O[C@H](C)[C@@H]1NC(=O)C(Cl)(Cl)Cl. The Morgan fingerprint density at radius 2 is 2.05 bits per heavy atom. The van der Waals surface area contributed by atoms with Gasteiger partial charge in [-0.15, -0.1) is 0 Å². The molecule has 0 unspecified atom stereocenters. The van der Waals surface area contributed by atoms with E-state index in [1.807, 2.05) is 0 Å². The smallest absolute Gasteiger partial charge is 0.302 e. The lowest BCUT2D eigenvalue weighted by Crippen LogP contribution is -2.64. The summed E-state index contributed by atoms with van der Waals surface area (Å²) in [5.41, 5.74) is 8.55. The van der Waals surface area contributed by atoms with Crippen LogP contribution in [0.25, 0.3) is 10.4 Å². The van der Waals surface area contributed by atoms with Crippen molar-refractivity contribution in [3.8, 4) is 0 Å². The van der Waals surface area contributed by atoms with Crippen LogP contribution in [0, 0.1) is 0 Å². The van der Waals surface area contributed by atoms with Crippen LogP contribution in [0.4, 0.5) is 0 Å². The third-order valence-electron chi connectivity index (χ3n) is 2.88. The van der Waals surface area contributed by atoms with E-state index in [4.69, 9.17) is 49.8 Å². The summed E-state index contributed by atoms with van der Waals surface area (Å²) >= 11 is 16.4. The second-order valence-corrected chi connectivity index (χ2v) is 6.78. The van der Waals surface area contributed by atoms with Crippen LogP contribution < -0.4 is 5.32 Å². The summed E-state index contributed by atoms with van der Waals surface area (Å²) in [6.45, 7) is 2.61. The third-order valence-corrected chi connectivity index (χ3v) is 3.40. The van der Waals surface area contributed by atoms with Crippen molar-refractivity contribution in [1.82, 2.24) is 5.32 Å². The molecule has 124 valence electrons. The van der Waals surface area contributed by atoms with E-state index in [1.54, 1.807) is 0 Å². The van der Waals surface area contributed by atoms with E-state index >= 15 is 0 Å². The number of nitrogens with one attached hydrogen (secondary N) is 1. The number of halogens is 3. The fraction of sp³-hybridized carbons (Fsp3) is 0.800. The molecule has 2 N–H and O–H groups in total. The van der Waals surface area contributed by atoms with Crippen LogP contribution in [0.1, 0.15) is 13.8 Å². The van der Waals surface area contributed by atoms with Crippen molar-refractivity contribution in [1.29, 1.82) is 0 Å². The average molecular weight is 376 g/mol. The number of amides is 1. The molecule has 0 aliphatic carbocycles. The molecule has 0 aromatic rings. The van der Waals surface area contributed by atoms with Gasteiger partial charge in [-0.1, -0.05) is 39.9 Å². The molecule has 1 aliphatic heterocycles. The normalized spacial score (nSPS) is 31.8. The summed E-state index contributed by atoms with van der Waals surface area (Å²) in [5.74, 6) is -1.69. The highest BCUT2D eigenvalue weighted by molar-refractivity contribution is 6.76. The zero-order valence-electron chi connectivity index (χ0n) is 11.4. The van der Waals surface area contributed by atoms with E-state index in [1.165, 1.54) is 6.92 Å². The predicted molar refractivity (Wildman–Crippen MR) is 77.3 cm³/mol. The van der Waals surface area contributed by atoms with E-state index in [2.05, 4.69) is 15.3 Å². The molecular formula is C10H13Cl3N4O5. The topological polar surface area (TPSA) is 134 Å². The van der Waals surface area contributed by atoms with Crippen molar-refractivity contribution in [3.63, 3.8) is 0 Å². The second-order valence-electron chi connectivity index (χ2n) is 4.50. The molecule has 5 atom stereocenters. The lowest BCUT2D eigenvalue weighted by Gasteiger charge is -2.42. The number of hydrogen-bond acceptors (Lipinski definition) is 6. The van der Waals surface area contributed by atoms with Crippen molar-refractivity contribution < 1.29 is 24.2 Å². The lowest BCUT2D eigenvalue weighted by molar-refractivity contribution is -0.216. The second kappa shape index (κ2) is 7.54. The Kier molecular flexibility index (Phi) is 6.54. The number of alkyl halides is 3. The highest BCUT2D eigenvalue weighted by Gasteiger charge is 2.47. The van der Waals surface area contributed by atoms with Crippen LogP contribution in [0.2, 0.25) is 0 Å². The number of carbonyl (C=O) groups is 2. The van der Waals surface area contributed by atoms with Crippen molar-refractivity contribution in [2.45, 2.75) is 48.2 Å². The maximum atomic E-state index is 11.8. The van der Waals surface area contributed by atoms with Gasteiger partial charge >= 0.3 is 5.97 Å². The molecule has 1 saturated heterocycles. The first-order valence-electron chi connectivity index (χ1n) is 6.00. The molecule has 12 heteroatoms. The van der Waals surface area contributed by atoms with Gasteiger partial charge in [-0.2, -0.15) is 0 Å². The Bertz CT molecular complexity index is 493. The standard InChI is InChI=1S/C10H13Cl3N4O5/c1-3-5(15-9(20)10(11,12)13)7(22-4(2)18)6(16-17-14)8(19)21-3/h3,5-8,19H,1-2H3,(H,15,20)/t3-,5+,6-,7+,8-/m1/s1. The van der Waals surface area contributed by atoms with Gasteiger partial charge in [0.1, 0.15) is 12.1 Å². The lowest BCUT2D eigenvalue weighted by atomic mass is 9.95. The molecule has 0 spiro atoms. The number of rotatable bonds is 3. The molecule has 0 saturated carbocycles. The molecule has 9 nitrogen and oxygen atoms in total. The van der Waals surface area contributed by atoms with E-state index in [0.717, 1.165) is 6.92 Å². The quantitative estimate of drug-likeness (QED) is 0.251. The molecule has 0 aromatic heterocycles. The number of hydrogen-bond donors (Lipinski definition) is 2. The summed E-state index contributed by atoms with van der Waals surface area (Å²) in [6.07, 6.45) is -3.51. The van der Waals surface area contributed by atoms with Gasteiger partial charge in [0.25, 0.3) is 9.70 Å². The number of esters is 1. The van der Waals surface area contributed by atoms with Crippen LogP contribution in [0.15, 0.2) is 5.11 Å². The summed E-state index contributed by atoms with van der Waals surface area (Å²) in [4.78, 5) is 25.6. The number of ether oxygens (including phenoxy) is 2. The van der Waals surface area contributed by atoms with Crippen LogP contribution in [0.3, 0.4) is 0 Å². The number of aliphatic hydroxyl groups excluding tert-OH is 1. The average Bonchev–Trinajstić information content (AvgIpc) is 2.36. The molecule has 1 amide bonds. The minimum atomic E-state index is -2.25. The number of carbonyl (C=O) groups excluding carboxylic acids is 2. The van der Waals surface area contributed by atoms with Gasteiger partial charge in [0, 0.05) is 11.8 Å². The first-order chi connectivity index (χ1) is 10.1. The predicted octanol–water partition coefficient (Wildman–Crippen LogP) is 1.19. The largest absolute Gasteiger partial charge is 0.460 e. The molecule has 1 fully saturated rings. The first-order valence-corrected chi connectivity index (χ1v) is 7.14. The molecule has 1 aliphatic rings. The fourth-order valence-corrected chi connectivity index (χ4v) is 2.14. The number of nitrogens with zero attached hydrogens (tertiary/aromatic N) is 3. The van der Waals surface area contributed by atoms with Gasteiger partial charge in [-0.05, 0) is 12.5 Å². The van der Waals surface area contributed by atoms with Gasteiger partial charge in [-0.25, -0.2) is 0 Å². The third kappa shape index (κ3) is 4.77. The summed E-state index contributed by atoms with van der Waals surface area (Å²) in [5, 5.41) is 15.5. The monoisotopic (exact) mass is 374 g/mol. The maximum absolute atomic E-state index is 11.8. The minimum Gasteiger partial charge on any atom is -0.460 e. The Morgan fingerprint density at radius 3 is 2.50 bits per heavy atom. The number of aliphatic hydroxyl groups is 1. The van der Waals surface area contributed by atoms with E-state index in [9.17, 15) is 14.7 Å². The Hall–Kier alpha value is -0.960. The van der Waals surface area contributed by atoms with E-state index in [0.29, 0.717) is 0 Å². The molecule has 0 aromatic carbocycles. The Balaban J connectivity index is 3.09. The van der Waals surface area contributed by atoms with Crippen LogP contribution in [-0.2, 0) is 19.1 Å². The molecule has 1 rings (SSSR count). The van der Waals surface area contributed by atoms with Crippen LogP contribution in [-0.4, -0.2) is 51.4 Å². The van der Waals surface area contributed by atoms with E-state index in [-0.39, 0.29) is 0 Å². The molecular weight excluding hydrogens is 362 g/mol. The van der Waals surface area contributed by atoms with Gasteiger partial charge in [0.05, 0.1) is 12.1 Å². The summed E-state index contributed by atoms with van der Waals surface area (Å²) in [6, 6.07) is -2.27. The van der Waals surface area contributed by atoms with Crippen molar-refractivity contribution in [2.75, 3.05) is 0 Å². The van der Waals surface area contributed by atoms with Gasteiger partial charge in [0.15, 0.2) is 6.29 Å². The minimum absolute atomic E-state index is 0.711. The van der Waals surface area contributed by atoms with E-state index < -0.39 is 46.3 Å². The maximum Gasteiger partial charge on any atom is 0.302 e.